The first-order chi connectivity index (χ1) is 17.6. The van der Waals surface area contributed by atoms with E-state index in [0.29, 0.717) is 10.6 Å². The predicted octanol–water partition coefficient (Wildman–Crippen LogP) is 7.16. The van der Waals surface area contributed by atoms with E-state index in [1.807, 2.05) is 97.1 Å². The molecule has 1 aliphatic heterocycles. The number of cyclic esters (lactones) is 1. The van der Waals surface area contributed by atoms with Gasteiger partial charge in [0.2, 0.25) is 11.4 Å². The third kappa shape index (κ3) is 3.45. The highest BCUT2D eigenvalue weighted by atomic mass is 35.5. The second-order valence-corrected chi connectivity index (χ2v) is 9.38. The number of aliphatic imine (C=N–C) groups is 1. The number of aryl methyl sites for hydroxylation is 1. The minimum Gasteiger partial charge on any atom is -0.405 e. The molecule has 0 amide bonds. The number of hydrogen-bond donors (Lipinski definition) is 1. The average molecular weight is 491 g/mol. The summed E-state index contributed by atoms with van der Waals surface area (Å²) >= 11 is 6.80. The molecule has 5 heteroatoms. The van der Waals surface area contributed by atoms with Gasteiger partial charge in [0.25, 0.3) is 0 Å². The molecule has 2 atom stereocenters. The van der Waals surface area contributed by atoms with Gasteiger partial charge in [-0.1, -0.05) is 96.5 Å². The van der Waals surface area contributed by atoms with Gasteiger partial charge in [0, 0.05) is 32.7 Å². The monoisotopic (exact) mass is 490 g/mol. The van der Waals surface area contributed by atoms with Gasteiger partial charge >= 0.3 is 5.97 Å². The van der Waals surface area contributed by atoms with Crippen molar-refractivity contribution in [1.29, 1.82) is 0 Å². The van der Waals surface area contributed by atoms with E-state index >= 15 is 0 Å². The smallest absolute Gasteiger partial charge is 0.346 e. The predicted molar refractivity (Wildman–Crippen MR) is 144 cm³/mol. The molecule has 0 spiro atoms. The van der Waals surface area contributed by atoms with E-state index in [1.165, 1.54) is 0 Å². The quantitative estimate of drug-likeness (QED) is 0.266. The zero-order valence-corrected chi connectivity index (χ0v) is 20.4. The second kappa shape index (κ2) is 8.81. The molecule has 176 valence electrons. The fraction of sp³-hybridized carbons (Fsp3) is 0.0968. The number of carbonyl (C=O) groups excluding carboxylic acids is 1. The van der Waals surface area contributed by atoms with Gasteiger partial charge in [-0.2, -0.15) is 0 Å². The summed E-state index contributed by atoms with van der Waals surface area (Å²) in [5.41, 5.74) is 3.80. The molecule has 1 aliphatic rings. The molecular weight excluding hydrogens is 468 g/mol. The summed E-state index contributed by atoms with van der Waals surface area (Å²) < 4.78 is 5.95. The maximum absolute atomic E-state index is 14.1. The van der Waals surface area contributed by atoms with Crippen molar-refractivity contribution in [3.8, 4) is 0 Å². The van der Waals surface area contributed by atoms with E-state index in [1.54, 1.807) is 6.07 Å². The molecule has 0 bridgehead atoms. The highest BCUT2D eigenvalue weighted by Gasteiger charge is 2.56. The van der Waals surface area contributed by atoms with Crippen molar-refractivity contribution in [3.63, 3.8) is 0 Å². The summed E-state index contributed by atoms with van der Waals surface area (Å²) in [6.45, 7) is 2.08. The third-order valence-electron chi connectivity index (χ3n) is 6.93. The summed E-state index contributed by atoms with van der Waals surface area (Å²) in [5, 5.41) is 1.56. The largest absolute Gasteiger partial charge is 0.405 e. The molecule has 1 aromatic heterocycles. The van der Waals surface area contributed by atoms with Crippen LogP contribution >= 0.6 is 11.6 Å². The fourth-order valence-electron chi connectivity index (χ4n) is 5.23. The van der Waals surface area contributed by atoms with Crippen LogP contribution in [0.1, 0.15) is 33.9 Å². The van der Waals surface area contributed by atoms with Gasteiger partial charge in [-0.25, -0.2) is 9.79 Å². The minimum absolute atomic E-state index is 0.287. The zero-order valence-electron chi connectivity index (χ0n) is 19.6. The first kappa shape index (κ1) is 22.3. The molecule has 2 heterocycles. The standard InChI is InChI=1S/C31H23ClN2O2/c1-20-23-16-8-11-19-26(23)33-28(20)27(21-12-4-2-5-13-21)31(24-17-9-10-18-25(24)32)30(35)36-29(34-31)22-14-6-3-7-15-22/h2-19,27,33H,1H3/t27-,31-/m1/s1. The number of halogens is 1. The summed E-state index contributed by atoms with van der Waals surface area (Å²) in [5.74, 6) is -0.684. The van der Waals surface area contributed by atoms with Crippen molar-refractivity contribution in [2.24, 2.45) is 4.99 Å². The van der Waals surface area contributed by atoms with Crippen LogP contribution in [0.2, 0.25) is 5.02 Å². The van der Waals surface area contributed by atoms with Crippen molar-refractivity contribution in [1.82, 2.24) is 4.98 Å². The van der Waals surface area contributed by atoms with Crippen LogP contribution in [-0.4, -0.2) is 16.9 Å². The van der Waals surface area contributed by atoms with Gasteiger partial charge < -0.3 is 9.72 Å². The Hall–Kier alpha value is -4.15. The number of rotatable bonds is 5. The van der Waals surface area contributed by atoms with Crippen LogP contribution in [0.3, 0.4) is 0 Å². The Balaban J connectivity index is 1.70. The molecule has 4 nitrogen and oxygen atoms in total. The number of aromatic nitrogens is 1. The molecule has 1 N–H and O–H groups in total. The number of hydrogen-bond acceptors (Lipinski definition) is 3. The number of nitrogens with zero attached hydrogens (tertiary/aromatic N) is 1. The average Bonchev–Trinajstić information content (AvgIpc) is 3.43. The number of nitrogens with one attached hydrogen (secondary N) is 1. The Labute approximate surface area is 214 Å². The van der Waals surface area contributed by atoms with Crippen molar-refractivity contribution < 1.29 is 9.53 Å². The van der Waals surface area contributed by atoms with Crippen LogP contribution in [-0.2, 0) is 15.1 Å². The summed E-state index contributed by atoms with van der Waals surface area (Å²) in [6.07, 6.45) is 0. The van der Waals surface area contributed by atoms with Gasteiger partial charge in [0.15, 0.2) is 0 Å². The Bertz CT molecular complexity index is 1610. The van der Waals surface area contributed by atoms with E-state index in [9.17, 15) is 4.79 Å². The van der Waals surface area contributed by atoms with Crippen molar-refractivity contribution >= 4 is 34.4 Å². The molecule has 5 aromatic rings. The third-order valence-corrected chi connectivity index (χ3v) is 7.26. The van der Waals surface area contributed by atoms with Gasteiger partial charge in [-0.15, -0.1) is 0 Å². The number of H-pyrrole nitrogens is 1. The topological polar surface area (TPSA) is 54.4 Å². The normalized spacial score (nSPS) is 18.2. The fourth-order valence-corrected chi connectivity index (χ4v) is 5.51. The molecular formula is C31H23ClN2O2. The number of aromatic amines is 1. The Morgan fingerprint density at radius 2 is 1.47 bits per heavy atom. The van der Waals surface area contributed by atoms with Crippen molar-refractivity contribution in [2.75, 3.05) is 0 Å². The highest BCUT2D eigenvalue weighted by molar-refractivity contribution is 6.32. The molecule has 0 fully saturated rings. The molecule has 0 radical (unpaired) electrons. The first-order valence-corrected chi connectivity index (χ1v) is 12.2. The molecule has 4 aromatic carbocycles. The lowest BCUT2D eigenvalue weighted by Gasteiger charge is -2.33. The van der Waals surface area contributed by atoms with Gasteiger partial charge in [-0.05, 0) is 42.3 Å². The molecule has 0 saturated carbocycles. The minimum atomic E-state index is -1.43. The Morgan fingerprint density at radius 1 is 0.833 bits per heavy atom. The number of fused-ring (bicyclic) bond motifs is 1. The van der Waals surface area contributed by atoms with Crippen LogP contribution < -0.4 is 0 Å². The van der Waals surface area contributed by atoms with Crippen molar-refractivity contribution in [2.45, 2.75) is 18.4 Å². The van der Waals surface area contributed by atoms with Gasteiger partial charge in [0.1, 0.15) is 0 Å². The van der Waals surface area contributed by atoms with Crippen molar-refractivity contribution in [3.05, 3.63) is 142 Å². The Morgan fingerprint density at radius 3 is 2.19 bits per heavy atom. The SMILES string of the molecule is Cc1c([C@@H](c2ccccc2)[C@@]2(c3ccccc3Cl)N=C(c3ccccc3)OC2=O)[nH]c2ccccc12. The number of ether oxygens (including phenoxy) is 1. The maximum Gasteiger partial charge on any atom is 0.346 e. The van der Waals surface area contributed by atoms with Crippen LogP contribution in [0, 0.1) is 6.92 Å². The maximum atomic E-state index is 14.1. The lowest BCUT2D eigenvalue weighted by atomic mass is 9.72. The Kier molecular flexibility index (Phi) is 5.46. The number of benzene rings is 4. The zero-order chi connectivity index (χ0) is 24.7. The van der Waals surface area contributed by atoms with E-state index < -0.39 is 17.4 Å². The molecule has 0 unspecified atom stereocenters. The second-order valence-electron chi connectivity index (χ2n) is 8.97. The van der Waals surface area contributed by atoms with Crippen LogP contribution in [0.4, 0.5) is 0 Å². The number of esters is 1. The summed E-state index contributed by atoms with van der Waals surface area (Å²) in [4.78, 5) is 22.9. The van der Waals surface area contributed by atoms with E-state index in [4.69, 9.17) is 21.3 Å². The van der Waals surface area contributed by atoms with E-state index in [2.05, 4.69) is 18.0 Å². The van der Waals surface area contributed by atoms with Crippen LogP contribution in [0.25, 0.3) is 10.9 Å². The molecule has 0 aliphatic carbocycles. The van der Waals surface area contributed by atoms with Crippen LogP contribution in [0.5, 0.6) is 0 Å². The summed E-state index contributed by atoms with van der Waals surface area (Å²) in [7, 11) is 0. The number of carbonyl (C=O) groups is 1. The molecule has 0 saturated heterocycles. The highest BCUT2D eigenvalue weighted by Crippen LogP contribution is 2.51. The number of para-hydroxylation sites is 1. The summed E-state index contributed by atoms with van der Waals surface area (Å²) in [6, 6.07) is 35.0. The molecule has 6 rings (SSSR count). The van der Waals surface area contributed by atoms with Crippen LogP contribution in [0.15, 0.2) is 114 Å². The molecule has 36 heavy (non-hydrogen) atoms. The van der Waals surface area contributed by atoms with E-state index in [0.717, 1.165) is 33.3 Å². The van der Waals surface area contributed by atoms with Gasteiger partial charge in [-0.3, -0.25) is 0 Å². The lowest BCUT2D eigenvalue weighted by Crippen LogP contribution is -2.39. The van der Waals surface area contributed by atoms with Gasteiger partial charge in [0.05, 0.1) is 5.92 Å². The first-order valence-electron chi connectivity index (χ1n) is 11.8. The lowest BCUT2D eigenvalue weighted by molar-refractivity contribution is -0.140. The van der Waals surface area contributed by atoms with E-state index in [-0.39, 0.29) is 5.90 Å².